The van der Waals surface area contributed by atoms with E-state index in [4.69, 9.17) is 4.74 Å². The van der Waals surface area contributed by atoms with Gasteiger partial charge in [0.15, 0.2) is 0 Å². The van der Waals surface area contributed by atoms with Gasteiger partial charge in [0.2, 0.25) is 0 Å². The summed E-state index contributed by atoms with van der Waals surface area (Å²) in [5.41, 5.74) is 0.938. The van der Waals surface area contributed by atoms with Crippen molar-refractivity contribution in [1.29, 1.82) is 0 Å². The van der Waals surface area contributed by atoms with Crippen LogP contribution in [0.25, 0.3) is 12.2 Å². The Bertz CT molecular complexity index is 1220. The van der Waals surface area contributed by atoms with Gasteiger partial charge >= 0.3 is 5.97 Å². The number of carbonyl (C=O) groups is 1. The summed E-state index contributed by atoms with van der Waals surface area (Å²) < 4.78 is 9.73. The summed E-state index contributed by atoms with van der Waals surface area (Å²) in [4.78, 5) is 41.3. The van der Waals surface area contributed by atoms with E-state index in [1.54, 1.807) is 61.7 Å². The molecule has 1 heterocycles. The molecule has 7 heteroatoms. The summed E-state index contributed by atoms with van der Waals surface area (Å²) in [5, 5.41) is 0.260. The third-order valence-corrected chi connectivity index (χ3v) is 4.06. The van der Waals surface area contributed by atoms with Gasteiger partial charge in [0.05, 0.1) is 19.8 Å². The number of H-pyrrole nitrogens is 2. The fourth-order valence-corrected chi connectivity index (χ4v) is 2.56. The topological polar surface area (TPSA) is 101 Å². The summed E-state index contributed by atoms with van der Waals surface area (Å²) in [6.45, 7) is 0. The Labute approximate surface area is 159 Å². The summed E-state index contributed by atoms with van der Waals surface area (Å²) in [6, 6.07) is 13.5. The molecule has 0 saturated heterocycles. The van der Waals surface area contributed by atoms with Gasteiger partial charge in [0.25, 0.3) is 11.1 Å². The molecule has 0 fully saturated rings. The van der Waals surface area contributed by atoms with Crippen molar-refractivity contribution in [1.82, 2.24) is 9.97 Å². The van der Waals surface area contributed by atoms with Crippen molar-refractivity contribution in [2.45, 2.75) is 0 Å². The van der Waals surface area contributed by atoms with Gasteiger partial charge in [-0.3, -0.25) is 9.59 Å². The lowest BCUT2D eigenvalue weighted by Crippen LogP contribution is -2.46. The maximum atomic E-state index is 12.3. The molecule has 3 aromatic rings. The number of esters is 1. The Morgan fingerprint density at radius 2 is 1.25 bits per heavy atom. The number of carbonyl (C=O) groups excluding carboxylic acids is 1. The zero-order valence-electron chi connectivity index (χ0n) is 15.3. The first-order valence-corrected chi connectivity index (χ1v) is 8.38. The molecule has 0 aliphatic heterocycles. The number of aromatic amines is 2. The molecule has 142 valence electrons. The minimum atomic E-state index is -0.448. The molecule has 0 aliphatic carbocycles. The lowest BCUT2D eigenvalue weighted by atomic mass is 10.1. The lowest BCUT2D eigenvalue weighted by molar-refractivity contribution is 0.0600. The Hall–Kier alpha value is -3.87. The van der Waals surface area contributed by atoms with Crippen LogP contribution in [0.4, 0.5) is 0 Å². The van der Waals surface area contributed by atoms with E-state index in [9.17, 15) is 14.4 Å². The van der Waals surface area contributed by atoms with Gasteiger partial charge in [-0.1, -0.05) is 24.3 Å². The van der Waals surface area contributed by atoms with Crippen LogP contribution in [0, 0.1) is 0 Å². The third-order valence-electron chi connectivity index (χ3n) is 4.06. The van der Waals surface area contributed by atoms with Gasteiger partial charge in [-0.25, -0.2) is 4.79 Å². The Kier molecular flexibility index (Phi) is 5.55. The van der Waals surface area contributed by atoms with E-state index in [0.29, 0.717) is 16.9 Å². The zero-order chi connectivity index (χ0) is 20.1. The molecular weight excluding hydrogens is 360 g/mol. The number of rotatable bonds is 4. The molecule has 28 heavy (non-hydrogen) atoms. The van der Waals surface area contributed by atoms with E-state index in [1.165, 1.54) is 13.2 Å². The Morgan fingerprint density at radius 3 is 1.68 bits per heavy atom. The van der Waals surface area contributed by atoms with E-state index in [2.05, 4.69) is 14.7 Å². The third kappa shape index (κ3) is 4.27. The van der Waals surface area contributed by atoms with Crippen LogP contribution in [-0.2, 0) is 4.74 Å². The van der Waals surface area contributed by atoms with Crippen LogP contribution in [0.3, 0.4) is 0 Å². The molecule has 0 spiro atoms. The molecule has 0 aliphatic rings. The van der Waals surface area contributed by atoms with Gasteiger partial charge in [-0.2, -0.15) is 0 Å². The highest BCUT2D eigenvalue weighted by Crippen LogP contribution is 2.11. The molecule has 2 N–H and O–H groups in total. The second kappa shape index (κ2) is 8.22. The molecule has 0 bridgehead atoms. The quantitative estimate of drug-likeness (QED) is 0.645. The monoisotopic (exact) mass is 378 g/mol. The average Bonchev–Trinajstić information content (AvgIpc) is 2.72. The minimum absolute atomic E-state index is 0.114. The highest BCUT2D eigenvalue weighted by Gasteiger charge is 2.04. The first kappa shape index (κ1) is 18.9. The van der Waals surface area contributed by atoms with Crippen LogP contribution in [0.2, 0.25) is 0 Å². The molecule has 3 rings (SSSR count). The standard InChI is InChI=1S/C21H18N2O5/c1-27-16-9-5-14(6-10-16)12-18-20(25)22-17(19(24)23-18)11-13-3-7-15(8-4-13)21(26)28-2/h3-12H,1-2H3,(H,22,25)(H,23,24)/b17-11-,18-12-. The van der Waals surface area contributed by atoms with Crippen LogP contribution >= 0.6 is 0 Å². The SMILES string of the molecule is COC(=O)c1ccc(/C=c2\[nH]c(=O)/c(=C/c3ccc(OC)cc3)[nH]c2=O)cc1. The van der Waals surface area contributed by atoms with Crippen LogP contribution in [-0.4, -0.2) is 30.2 Å². The number of nitrogens with one attached hydrogen (secondary N) is 2. The van der Waals surface area contributed by atoms with Crippen LogP contribution in [0.15, 0.2) is 58.1 Å². The van der Waals surface area contributed by atoms with E-state index in [-0.39, 0.29) is 10.7 Å². The predicted molar refractivity (Wildman–Crippen MR) is 105 cm³/mol. The number of ether oxygens (including phenoxy) is 2. The number of hydrogen-bond donors (Lipinski definition) is 2. The number of hydrogen-bond acceptors (Lipinski definition) is 5. The summed E-state index contributed by atoms with van der Waals surface area (Å²) >= 11 is 0. The van der Waals surface area contributed by atoms with E-state index >= 15 is 0 Å². The Balaban J connectivity index is 1.98. The molecule has 7 nitrogen and oxygen atoms in total. The molecule has 0 atom stereocenters. The van der Waals surface area contributed by atoms with Crippen LogP contribution < -0.4 is 26.6 Å². The first-order valence-electron chi connectivity index (χ1n) is 8.38. The first-order chi connectivity index (χ1) is 13.5. The molecule has 0 radical (unpaired) electrons. The zero-order valence-corrected chi connectivity index (χ0v) is 15.3. The Morgan fingerprint density at radius 1 is 0.786 bits per heavy atom. The largest absolute Gasteiger partial charge is 0.497 e. The van der Waals surface area contributed by atoms with Crippen molar-refractivity contribution in [3.05, 3.63) is 96.6 Å². The van der Waals surface area contributed by atoms with Gasteiger partial charge < -0.3 is 19.4 Å². The van der Waals surface area contributed by atoms with Gasteiger partial charge in [-0.15, -0.1) is 0 Å². The van der Waals surface area contributed by atoms with E-state index in [1.807, 2.05) is 0 Å². The number of benzene rings is 2. The fraction of sp³-hybridized carbons (Fsp3) is 0.0952. The van der Waals surface area contributed by atoms with Gasteiger partial charge in [0, 0.05) is 0 Å². The van der Waals surface area contributed by atoms with Crippen LogP contribution in [0.5, 0.6) is 5.75 Å². The van der Waals surface area contributed by atoms with E-state index in [0.717, 1.165) is 5.56 Å². The van der Waals surface area contributed by atoms with E-state index < -0.39 is 17.1 Å². The highest BCUT2D eigenvalue weighted by atomic mass is 16.5. The van der Waals surface area contributed by atoms with Crippen molar-refractivity contribution in [3.63, 3.8) is 0 Å². The van der Waals surface area contributed by atoms with Crippen molar-refractivity contribution < 1.29 is 14.3 Å². The smallest absolute Gasteiger partial charge is 0.337 e. The molecule has 2 aromatic carbocycles. The van der Waals surface area contributed by atoms with Gasteiger partial charge in [0.1, 0.15) is 16.4 Å². The van der Waals surface area contributed by atoms with Gasteiger partial charge in [-0.05, 0) is 47.5 Å². The maximum absolute atomic E-state index is 12.3. The van der Waals surface area contributed by atoms with Crippen molar-refractivity contribution in [3.8, 4) is 5.75 Å². The molecular formula is C21H18N2O5. The molecule has 0 saturated carbocycles. The van der Waals surface area contributed by atoms with Crippen molar-refractivity contribution >= 4 is 18.1 Å². The molecule has 0 amide bonds. The predicted octanol–water partition coefficient (Wildman–Crippen LogP) is 0.516. The minimum Gasteiger partial charge on any atom is -0.497 e. The maximum Gasteiger partial charge on any atom is 0.337 e. The highest BCUT2D eigenvalue weighted by molar-refractivity contribution is 5.89. The normalized spacial score (nSPS) is 12.1. The second-order valence-electron chi connectivity index (χ2n) is 5.91. The second-order valence-corrected chi connectivity index (χ2v) is 5.91. The van der Waals surface area contributed by atoms with Crippen molar-refractivity contribution in [2.75, 3.05) is 14.2 Å². The number of aromatic nitrogens is 2. The average molecular weight is 378 g/mol. The fourth-order valence-electron chi connectivity index (χ4n) is 2.56. The summed E-state index contributed by atoms with van der Waals surface area (Å²) in [6.07, 6.45) is 3.10. The van der Waals surface area contributed by atoms with Crippen LogP contribution in [0.1, 0.15) is 21.5 Å². The molecule has 0 unspecified atom stereocenters. The summed E-state index contributed by atoms with van der Waals surface area (Å²) in [7, 11) is 2.87. The lowest BCUT2D eigenvalue weighted by Gasteiger charge is -1.99. The summed E-state index contributed by atoms with van der Waals surface area (Å²) in [5.74, 6) is 0.249. The molecule has 1 aromatic heterocycles. The van der Waals surface area contributed by atoms with Crippen molar-refractivity contribution in [2.24, 2.45) is 0 Å². The number of methoxy groups -OCH3 is 2.